The van der Waals surface area contributed by atoms with Gasteiger partial charge in [-0.1, -0.05) is 0 Å². The average molecular weight is 265 g/mol. The van der Waals surface area contributed by atoms with Crippen LogP contribution in [0.1, 0.15) is 12.7 Å². The molecule has 8 heteroatoms. The molecule has 1 aromatic carbocycles. The molecule has 2 rings (SSSR count). The lowest BCUT2D eigenvalue weighted by atomic mass is 10.1. The van der Waals surface area contributed by atoms with Crippen LogP contribution in [0.25, 0.3) is 11.4 Å². The van der Waals surface area contributed by atoms with E-state index < -0.39 is 10.7 Å². The highest BCUT2D eigenvalue weighted by molar-refractivity contribution is 5.68. The maximum atomic E-state index is 13.1. The van der Waals surface area contributed by atoms with Crippen molar-refractivity contribution in [3.8, 4) is 11.4 Å². The van der Waals surface area contributed by atoms with Crippen molar-refractivity contribution in [2.24, 2.45) is 5.73 Å². The Morgan fingerprint density at radius 3 is 2.79 bits per heavy atom. The molecule has 0 unspecified atom stereocenters. The van der Waals surface area contributed by atoms with E-state index >= 15 is 0 Å². The summed E-state index contributed by atoms with van der Waals surface area (Å²) in [6, 6.07) is 3.34. The number of hydrogen-bond donors (Lipinski definition) is 1. The van der Waals surface area contributed by atoms with Crippen LogP contribution in [-0.4, -0.2) is 19.7 Å². The monoisotopic (exact) mass is 265 g/mol. The quantitative estimate of drug-likeness (QED) is 0.666. The van der Waals surface area contributed by atoms with Gasteiger partial charge in [-0.2, -0.15) is 0 Å². The predicted molar refractivity (Wildman–Crippen MR) is 65.6 cm³/mol. The molecule has 1 heterocycles. The van der Waals surface area contributed by atoms with Crippen LogP contribution in [0.4, 0.5) is 10.1 Å². The molecule has 0 saturated carbocycles. The molecule has 0 aliphatic heterocycles. The number of nitro groups is 1. The zero-order chi connectivity index (χ0) is 14.0. The summed E-state index contributed by atoms with van der Waals surface area (Å²) in [7, 11) is 0. The first kappa shape index (κ1) is 13.1. The molecular formula is C11H12FN5O2. The molecule has 0 amide bonds. The van der Waals surface area contributed by atoms with E-state index in [4.69, 9.17) is 5.73 Å². The predicted octanol–water partition coefficient (Wildman–Crippen LogP) is 1.47. The van der Waals surface area contributed by atoms with Gasteiger partial charge in [-0.3, -0.25) is 10.1 Å². The van der Waals surface area contributed by atoms with E-state index in [2.05, 4.69) is 10.2 Å². The molecule has 100 valence electrons. The number of aromatic nitrogens is 3. The summed E-state index contributed by atoms with van der Waals surface area (Å²) in [6.45, 7) is 2.54. The lowest BCUT2D eigenvalue weighted by Gasteiger charge is -2.06. The molecule has 1 aromatic heterocycles. The Kier molecular flexibility index (Phi) is 3.52. The lowest BCUT2D eigenvalue weighted by Crippen LogP contribution is -2.08. The molecule has 0 aliphatic carbocycles. The minimum absolute atomic E-state index is 0.176. The van der Waals surface area contributed by atoms with Gasteiger partial charge in [0.15, 0.2) is 5.82 Å². The molecule has 0 radical (unpaired) electrons. The fourth-order valence-corrected chi connectivity index (χ4v) is 1.86. The standard InChI is InChI=1S/C11H12FN5O2/c1-2-16-10(6-13)14-15-11(16)8-4-3-7(12)5-9(8)17(18)19/h3-5H,2,6,13H2,1H3. The van der Waals surface area contributed by atoms with Gasteiger partial charge in [0.2, 0.25) is 0 Å². The topological polar surface area (TPSA) is 99.9 Å². The Morgan fingerprint density at radius 1 is 1.47 bits per heavy atom. The van der Waals surface area contributed by atoms with Crippen LogP contribution < -0.4 is 5.73 Å². The Balaban J connectivity index is 2.65. The smallest absolute Gasteiger partial charge is 0.283 e. The van der Waals surface area contributed by atoms with Crippen LogP contribution in [0.2, 0.25) is 0 Å². The van der Waals surface area contributed by atoms with Crippen LogP contribution in [0.3, 0.4) is 0 Å². The first-order valence-electron chi connectivity index (χ1n) is 5.65. The molecule has 2 aromatic rings. The van der Waals surface area contributed by atoms with Gasteiger partial charge in [-0.05, 0) is 19.1 Å². The van der Waals surface area contributed by atoms with Crippen molar-refractivity contribution in [2.75, 3.05) is 0 Å². The maximum Gasteiger partial charge on any atom is 0.283 e. The Labute approximate surface area is 108 Å². The minimum Gasteiger partial charge on any atom is -0.324 e. The van der Waals surface area contributed by atoms with Gasteiger partial charge < -0.3 is 10.3 Å². The van der Waals surface area contributed by atoms with Crippen molar-refractivity contribution < 1.29 is 9.31 Å². The number of nitro benzene ring substituents is 1. The summed E-state index contributed by atoms with van der Waals surface area (Å²) in [6.07, 6.45) is 0. The van der Waals surface area contributed by atoms with E-state index in [0.717, 1.165) is 12.1 Å². The molecule has 0 spiro atoms. The molecule has 0 fully saturated rings. The molecule has 0 saturated heterocycles. The van der Waals surface area contributed by atoms with Gasteiger partial charge in [-0.15, -0.1) is 10.2 Å². The highest BCUT2D eigenvalue weighted by Gasteiger charge is 2.22. The molecule has 19 heavy (non-hydrogen) atoms. The second kappa shape index (κ2) is 5.11. The number of benzene rings is 1. The van der Waals surface area contributed by atoms with E-state index in [1.54, 1.807) is 4.57 Å². The summed E-state index contributed by atoms with van der Waals surface area (Å²) in [4.78, 5) is 10.3. The van der Waals surface area contributed by atoms with Gasteiger partial charge in [0.05, 0.1) is 23.1 Å². The van der Waals surface area contributed by atoms with Crippen molar-refractivity contribution >= 4 is 5.69 Å². The van der Waals surface area contributed by atoms with E-state index in [1.807, 2.05) is 6.92 Å². The third-order valence-electron chi connectivity index (χ3n) is 2.72. The van der Waals surface area contributed by atoms with Crippen LogP contribution >= 0.6 is 0 Å². The lowest BCUT2D eigenvalue weighted by molar-refractivity contribution is -0.384. The average Bonchev–Trinajstić information content (AvgIpc) is 2.81. The summed E-state index contributed by atoms with van der Waals surface area (Å²) >= 11 is 0. The number of nitrogens with zero attached hydrogens (tertiary/aromatic N) is 4. The first-order valence-corrected chi connectivity index (χ1v) is 5.65. The minimum atomic E-state index is -0.669. The molecular weight excluding hydrogens is 253 g/mol. The van der Waals surface area contributed by atoms with Crippen molar-refractivity contribution in [1.82, 2.24) is 14.8 Å². The largest absolute Gasteiger partial charge is 0.324 e. The number of halogens is 1. The Hall–Kier alpha value is -2.35. The summed E-state index contributed by atoms with van der Waals surface area (Å²) in [5, 5.41) is 18.8. The second-order valence-electron chi connectivity index (χ2n) is 3.81. The zero-order valence-electron chi connectivity index (χ0n) is 10.2. The maximum absolute atomic E-state index is 13.1. The van der Waals surface area contributed by atoms with Crippen molar-refractivity contribution in [3.05, 3.63) is 40.0 Å². The molecule has 0 aliphatic rings. The molecule has 0 bridgehead atoms. The summed E-state index contributed by atoms with van der Waals surface area (Å²) < 4.78 is 14.8. The van der Waals surface area contributed by atoms with E-state index in [0.29, 0.717) is 18.2 Å². The van der Waals surface area contributed by atoms with E-state index in [1.165, 1.54) is 6.07 Å². The first-order chi connectivity index (χ1) is 9.08. The second-order valence-corrected chi connectivity index (χ2v) is 3.81. The van der Waals surface area contributed by atoms with Gasteiger partial charge >= 0.3 is 0 Å². The van der Waals surface area contributed by atoms with E-state index in [-0.39, 0.29) is 17.8 Å². The molecule has 7 nitrogen and oxygen atoms in total. The van der Waals surface area contributed by atoms with Gasteiger partial charge in [0, 0.05) is 6.54 Å². The van der Waals surface area contributed by atoms with Gasteiger partial charge in [0.25, 0.3) is 5.69 Å². The summed E-state index contributed by atoms with van der Waals surface area (Å²) in [5.74, 6) is 0.169. The summed E-state index contributed by atoms with van der Waals surface area (Å²) in [5.41, 5.74) is 5.40. The molecule has 0 atom stereocenters. The fraction of sp³-hybridized carbons (Fsp3) is 0.273. The number of hydrogen-bond acceptors (Lipinski definition) is 5. The van der Waals surface area contributed by atoms with Crippen molar-refractivity contribution in [2.45, 2.75) is 20.0 Å². The highest BCUT2D eigenvalue weighted by Crippen LogP contribution is 2.29. The van der Waals surface area contributed by atoms with Crippen LogP contribution in [0.5, 0.6) is 0 Å². The molecule has 2 N–H and O–H groups in total. The third kappa shape index (κ3) is 2.29. The normalized spacial score (nSPS) is 10.7. The van der Waals surface area contributed by atoms with E-state index in [9.17, 15) is 14.5 Å². The van der Waals surface area contributed by atoms with Crippen molar-refractivity contribution in [1.29, 1.82) is 0 Å². The van der Waals surface area contributed by atoms with Crippen LogP contribution in [0, 0.1) is 15.9 Å². The van der Waals surface area contributed by atoms with Crippen LogP contribution in [-0.2, 0) is 13.1 Å². The van der Waals surface area contributed by atoms with Gasteiger partial charge in [0.1, 0.15) is 11.6 Å². The Bertz CT molecular complexity index is 626. The third-order valence-corrected chi connectivity index (χ3v) is 2.72. The SMILES string of the molecule is CCn1c(CN)nnc1-c1ccc(F)cc1[N+](=O)[O-]. The van der Waals surface area contributed by atoms with Crippen LogP contribution in [0.15, 0.2) is 18.2 Å². The van der Waals surface area contributed by atoms with Gasteiger partial charge in [-0.25, -0.2) is 4.39 Å². The number of rotatable bonds is 4. The fourth-order valence-electron chi connectivity index (χ4n) is 1.86. The Morgan fingerprint density at radius 2 is 2.21 bits per heavy atom. The zero-order valence-corrected chi connectivity index (χ0v) is 10.2. The number of nitrogens with two attached hydrogens (primary N) is 1. The highest BCUT2D eigenvalue weighted by atomic mass is 19.1. The van der Waals surface area contributed by atoms with Crippen molar-refractivity contribution in [3.63, 3.8) is 0 Å².